The number of hydrogen-bond donors (Lipinski definition) is 1. The Morgan fingerprint density at radius 3 is 2.74 bits per heavy atom. The van der Waals surface area contributed by atoms with Crippen molar-refractivity contribution in [2.75, 3.05) is 13.7 Å². The molecule has 7 heteroatoms. The molecule has 0 saturated carbocycles. The molecule has 0 spiro atoms. The fourth-order valence-corrected chi connectivity index (χ4v) is 4.69. The van der Waals surface area contributed by atoms with Gasteiger partial charge in [0.2, 0.25) is 5.91 Å². The van der Waals surface area contributed by atoms with Crippen LogP contribution in [0.25, 0.3) is 10.9 Å². The molecule has 1 amide bonds. The number of carbonyl (C=O) groups excluding carboxylic acids is 2. The molecule has 2 N–H and O–H groups in total. The zero-order valence-corrected chi connectivity index (χ0v) is 18.2. The summed E-state index contributed by atoms with van der Waals surface area (Å²) < 4.78 is 12.8. The van der Waals surface area contributed by atoms with Crippen molar-refractivity contribution in [3.63, 3.8) is 0 Å². The molecule has 1 aromatic heterocycles. The molecule has 3 aromatic rings. The number of carbonyl (C=O) groups is 2. The largest absolute Gasteiger partial charge is 0.481 e. The van der Waals surface area contributed by atoms with Crippen molar-refractivity contribution in [3.05, 3.63) is 64.3 Å². The Morgan fingerprint density at radius 2 is 2.00 bits per heavy atom. The zero-order chi connectivity index (χ0) is 22.0. The first-order valence-corrected chi connectivity index (χ1v) is 10.7. The monoisotopic (exact) mass is 440 g/mol. The van der Waals surface area contributed by atoms with Gasteiger partial charge in [0.05, 0.1) is 18.5 Å². The lowest BCUT2D eigenvalue weighted by Gasteiger charge is -2.14. The van der Waals surface area contributed by atoms with Gasteiger partial charge in [0.25, 0.3) is 0 Å². The van der Waals surface area contributed by atoms with Crippen molar-refractivity contribution in [2.45, 2.75) is 38.1 Å². The molecule has 1 unspecified atom stereocenters. The van der Waals surface area contributed by atoms with Gasteiger partial charge in [-0.3, -0.25) is 4.79 Å². The lowest BCUT2D eigenvalue weighted by molar-refractivity contribution is -0.142. The number of aromatic nitrogens is 1. The normalized spacial score (nSPS) is 15.9. The van der Waals surface area contributed by atoms with Gasteiger partial charge in [-0.2, -0.15) is 0 Å². The van der Waals surface area contributed by atoms with Gasteiger partial charge in [-0.1, -0.05) is 36.2 Å². The number of primary amides is 1. The zero-order valence-electron chi connectivity index (χ0n) is 17.4. The molecule has 1 atom stereocenters. The molecule has 6 nitrogen and oxygen atoms in total. The van der Waals surface area contributed by atoms with Crippen LogP contribution in [0.3, 0.4) is 0 Å². The molecule has 1 aliphatic carbocycles. The van der Waals surface area contributed by atoms with Crippen LogP contribution in [-0.2, 0) is 27.3 Å². The van der Waals surface area contributed by atoms with E-state index < -0.39 is 11.9 Å². The molecule has 0 bridgehead atoms. The van der Waals surface area contributed by atoms with E-state index in [1.807, 2.05) is 42.5 Å². The summed E-state index contributed by atoms with van der Waals surface area (Å²) in [6, 6.07) is 13.5. The molecule has 162 valence electrons. The minimum absolute atomic E-state index is 0.203. The first kappa shape index (κ1) is 21.2. The van der Waals surface area contributed by atoms with Crippen molar-refractivity contribution >= 4 is 34.4 Å². The van der Waals surface area contributed by atoms with Crippen LogP contribution >= 0.6 is 11.6 Å². The van der Waals surface area contributed by atoms with Gasteiger partial charge in [0.15, 0.2) is 6.61 Å². The Bertz CT molecular complexity index is 1140. The standard InChI is InChI=1S/C24H25ClN2O4/c1-30-21(28)14-31-20-11-5-10-19-23(20)22-17(24(26)29)8-2-3-9-18(22)27(19)13-15-6-4-7-16(25)12-15/h4-7,10-12,17H,2-3,8-9,13-14H2,1H3,(H2,26,29). The molecule has 0 radical (unpaired) electrons. The fraction of sp³-hybridized carbons (Fsp3) is 0.333. The average Bonchev–Trinajstić information content (AvgIpc) is 2.91. The number of rotatable bonds is 6. The number of methoxy groups -OCH3 is 1. The highest BCUT2D eigenvalue weighted by atomic mass is 35.5. The van der Waals surface area contributed by atoms with Crippen LogP contribution in [0.2, 0.25) is 5.02 Å². The number of ether oxygens (including phenoxy) is 2. The van der Waals surface area contributed by atoms with Crippen LogP contribution < -0.4 is 10.5 Å². The Morgan fingerprint density at radius 1 is 1.19 bits per heavy atom. The quantitative estimate of drug-likeness (QED) is 0.460. The maximum absolute atomic E-state index is 12.4. The number of amides is 1. The van der Waals surface area contributed by atoms with Crippen LogP contribution in [0.5, 0.6) is 5.75 Å². The minimum atomic E-state index is -0.465. The molecule has 0 aliphatic heterocycles. The predicted octanol–water partition coefficient (Wildman–Crippen LogP) is 4.19. The van der Waals surface area contributed by atoms with Crippen LogP contribution in [-0.4, -0.2) is 30.2 Å². The second kappa shape index (κ2) is 9.02. The summed E-state index contributed by atoms with van der Waals surface area (Å²) in [6.07, 6.45) is 3.43. The number of fused-ring (bicyclic) bond motifs is 3. The molecule has 4 rings (SSSR count). The van der Waals surface area contributed by atoms with Gasteiger partial charge in [-0.05, 0) is 54.7 Å². The number of hydrogen-bond acceptors (Lipinski definition) is 4. The van der Waals surface area contributed by atoms with Gasteiger partial charge in [0.1, 0.15) is 5.75 Å². The number of halogens is 1. The van der Waals surface area contributed by atoms with E-state index in [1.165, 1.54) is 7.11 Å². The van der Waals surface area contributed by atoms with E-state index in [2.05, 4.69) is 4.57 Å². The SMILES string of the molecule is COC(=O)COc1cccc2c1c1c(n2Cc2cccc(Cl)c2)CCCCC1C(N)=O. The van der Waals surface area contributed by atoms with E-state index in [0.29, 0.717) is 23.7 Å². The molecule has 0 saturated heterocycles. The van der Waals surface area contributed by atoms with Gasteiger partial charge in [-0.25, -0.2) is 4.79 Å². The third kappa shape index (κ3) is 4.26. The van der Waals surface area contributed by atoms with Gasteiger partial charge in [-0.15, -0.1) is 0 Å². The van der Waals surface area contributed by atoms with Crippen LogP contribution in [0, 0.1) is 0 Å². The van der Waals surface area contributed by atoms with E-state index in [1.54, 1.807) is 0 Å². The lowest BCUT2D eigenvalue weighted by atomic mass is 9.92. The van der Waals surface area contributed by atoms with Crippen LogP contribution in [0.1, 0.15) is 42.0 Å². The van der Waals surface area contributed by atoms with Crippen molar-refractivity contribution < 1.29 is 19.1 Å². The summed E-state index contributed by atoms with van der Waals surface area (Å²) in [7, 11) is 1.32. The Balaban J connectivity index is 1.92. The number of nitrogens with two attached hydrogens (primary N) is 1. The topological polar surface area (TPSA) is 83.6 Å². The van der Waals surface area contributed by atoms with Gasteiger partial charge in [0, 0.05) is 22.6 Å². The van der Waals surface area contributed by atoms with Crippen molar-refractivity contribution in [1.29, 1.82) is 0 Å². The third-order valence-electron chi connectivity index (χ3n) is 5.85. The van der Waals surface area contributed by atoms with Crippen molar-refractivity contribution in [1.82, 2.24) is 4.57 Å². The van der Waals surface area contributed by atoms with E-state index in [4.69, 9.17) is 26.8 Å². The van der Waals surface area contributed by atoms with Crippen LogP contribution in [0.4, 0.5) is 0 Å². The molecular weight excluding hydrogens is 416 g/mol. The Labute approximate surface area is 185 Å². The van der Waals surface area contributed by atoms with Gasteiger partial charge < -0.3 is 19.8 Å². The van der Waals surface area contributed by atoms with Crippen molar-refractivity contribution in [2.24, 2.45) is 5.73 Å². The molecular formula is C24H25ClN2O4. The number of esters is 1. The molecule has 2 aromatic carbocycles. The predicted molar refractivity (Wildman–Crippen MR) is 119 cm³/mol. The smallest absolute Gasteiger partial charge is 0.343 e. The number of nitrogens with zero attached hydrogens (tertiary/aromatic N) is 1. The highest BCUT2D eigenvalue weighted by molar-refractivity contribution is 6.30. The maximum atomic E-state index is 12.4. The highest BCUT2D eigenvalue weighted by Crippen LogP contribution is 2.42. The summed E-state index contributed by atoms with van der Waals surface area (Å²) >= 11 is 6.21. The molecule has 1 heterocycles. The van der Waals surface area contributed by atoms with E-state index in [-0.39, 0.29) is 12.5 Å². The minimum Gasteiger partial charge on any atom is -0.481 e. The second-order valence-corrected chi connectivity index (χ2v) is 8.23. The highest BCUT2D eigenvalue weighted by Gasteiger charge is 2.31. The Kier molecular flexibility index (Phi) is 6.18. The summed E-state index contributed by atoms with van der Waals surface area (Å²) in [5, 5.41) is 1.52. The second-order valence-electron chi connectivity index (χ2n) is 7.79. The van der Waals surface area contributed by atoms with Crippen LogP contribution in [0.15, 0.2) is 42.5 Å². The Hall–Kier alpha value is -2.99. The summed E-state index contributed by atoms with van der Waals surface area (Å²) in [5.41, 5.74) is 9.85. The lowest BCUT2D eigenvalue weighted by Crippen LogP contribution is -2.21. The van der Waals surface area contributed by atoms with Gasteiger partial charge >= 0.3 is 5.97 Å². The van der Waals surface area contributed by atoms with E-state index in [0.717, 1.165) is 47.0 Å². The molecule has 1 aliphatic rings. The van der Waals surface area contributed by atoms with E-state index in [9.17, 15) is 9.59 Å². The summed E-state index contributed by atoms with van der Waals surface area (Å²) in [4.78, 5) is 24.1. The van der Waals surface area contributed by atoms with E-state index >= 15 is 0 Å². The average molecular weight is 441 g/mol. The summed E-state index contributed by atoms with van der Waals surface area (Å²) in [6.45, 7) is 0.406. The van der Waals surface area contributed by atoms with Crippen molar-refractivity contribution in [3.8, 4) is 5.75 Å². The third-order valence-corrected chi connectivity index (χ3v) is 6.09. The maximum Gasteiger partial charge on any atom is 0.343 e. The fourth-order valence-electron chi connectivity index (χ4n) is 4.48. The molecule has 31 heavy (non-hydrogen) atoms. The first-order valence-electron chi connectivity index (χ1n) is 10.4. The number of benzene rings is 2. The molecule has 0 fully saturated rings. The summed E-state index contributed by atoms with van der Waals surface area (Å²) in [5.74, 6) is -0.652. The first-order chi connectivity index (χ1) is 15.0.